The average Bonchev–Trinajstić information content (AvgIpc) is 3.03. The highest BCUT2D eigenvalue weighted by Crippen LogP contribution is 2.41. The van der Waals surface area contributed by atoms with E-state index in [1.165, 1.54) is 0 Å². The average molecular weight is 361 g/mol. The number of methoxy groups -OCH3 is 1. The number of benzene rings is 2. The van der Waals surface area contributed by atoms with E-state index >= 15 is 0 Å². The second kappa shape index (κ2) is 7.64. The van der Waals surface area contributed by atoms with Crippen LogP contribution in [0, 0.1) is 0 Å². The molecule has 0 aliphatic heterocycles. The second-order valence-corrected chi connectivity index (χ2v) is 6.00. The first-order valence-corrected chi connectivity index (χ1v) is 8.21. The molecule has 1 aliphatic carbocycles. The predicted molar refractivity (Wildman–Crippen MR) is 93.4 cm³/mol. The van der Waals surface area contributed by atoms with Crippen molar-refractivity contribution in [2.24, 2.45) is 0 Å². The van der Waals surface area contributed by atoms with E-state index in [9.17, 15) is 18.1 Å². The number of carbonyl (C=O) groups is 1. The molecular weight excluding hydrogens is 343 g/mol. The second-order valence-electron chi connectivity index (χ2n) is 6.00. The van der Waals surface area contributed by atoms with Crippen molar-refractivity contribution in [2.45, 2.75) is 19.3 Å². The van der Waals surface area contributed by atoms with Crippen molar-refractivity contribution in [1.29, 1.82) is 0 Å². The summed E-state index contributed by atoms with van der Waals surface area (Å²) in [5, 5.41) is -0.404. The van der Waals surface area contributed by atoms with Crippen LogP contribution in [0.2, 0.25) is 0 Å². The maximum atomic E-state index is 13.7. The lowest BCUT2D eigenvalue weighted by Gasteiger charge is -2.14. The van der Waals surface area contributed by atoms with Gasteiger partial charge in [-0.3, -0.25) is 4.79 Å². The summed E-state index contributed by atoms with van der Waals surface area (Å²) in [6.07, 6.45) is -2.55. The van der Waals surface area contributed by atoms with Crippen LogP contribution in [0.5, 0.6) is 5.75 Å². The van der Waals surface area contributed by atoms with Gasteiger partial charge in [-0.25, -0.2) is 0 Å². The number of nitrogens with zero attached hydrogens (tertiary/aromatic N) is 1. The zero-order chi connectivity index (χ0) is 18.7. The summed E-state index contributed by atoms with van der Waals surface area (Å²) in [6.45, 7) is -0.425. The number of carbonyl (C=O) groups excluding carboxylic acids is 1. The quantitative estimate of drug-likeness (QED) is 0.708. The predicted octanol–water partition coefficient (Wildman–Crippen LogP) is 4.53. The zero-order valence-electron chi connectivity index (χ0n) is 14.2. The van der Waals surface area contributed by atoms with Crippen LogP contribution in [0.15, 0.2) is 48.5 Å². The molecule has 2 aromatic rings. The number of hydrogen-bond donors (Lipinski definition) is 0. The molecule has 0 saturated carbocycles. The Morgan fingerprint density at radius 1 is 1.19 bits per heavy atom. The van der Waals surface area contributed by atoms with Gasteiger partial charge in [0.15, 0.2) is 0 Å². The maximum Gasteiger partial charge on any atom is 0.318 e. The lowest BCUT2D eigenvalue weighted by atomic mass is 9.98. The fourth-order valence-corrected chi connectivity index (χ4v) is 3.20. The van der Waals surface area contributed by atoms with Crippen molar-refractivity contribution >= 4 is 17.1 Å². The molecule has 26 heavy (non-hydrogen) atoms. The smallest absolute Gasteiger partial charge is 0.318 e. The molecule has 136 valence electrons. The van der Waals surface area contributed by atoms with E-state index in [1.54, 1.807) is 7.11 Å². The minimum Gasteiger partial charge on any atom is -0.497 e. The number of hydrogen-bond acceptors (Lipinski definition) is 2. The zero-order valence-corrected chi connectivity index (χ0v) is 14.2. The van der Waals surface area contributed by atoms with Gasteiger partial charge in [-0.15, -0.1) is 0 Å². The third kappa shape index (κ3) is 3.59. The SMILES string of the molecule is COc1ccc2c(c1)C(CCN(F)C(=O)C(F)F)=C(c1ccccc1)C2. The van der Waals surface area contributed by atoms with Gasteiger partial charge in [0.25, 0.3) is 0 Å². The summed E-state index contributed by atoms with van der Waals surface area (Å²) in [4.78, 5) is 11.1. The summed E-state index contributed by atoms with van der Waals surface area (Å²) in [7, 11) is 1.56. The third-order valence-electron chi connectivity index (χ3n) is 4.48. The highest BCUT2D eigenvalue weighted by Gasteiger charge is 2.27. The number of alkyl halides is 2. The molecule has 6 heteroatoms. The largest absolute Gasteiger partial charge is 0.497 e. The number of amides is 1. The Morgan fingerprint density at radius 3 is 2.58 bits per heavy atom. The van der Waals surface area contributed by atoms with Crippen molar-refractivity contribution in [2.75, 3.05) is 13.7 Å². The minimum absolute atomic E-state index is 0.138. The molecule has 0 unspecified atom stereocenters. The standard InChI is InChI=1S/C20H18F3NO2/c1-26-15-8-7-14-11-17(13-5-3-2-4-6-13)16(18(14)12-15)9-10-24(23)20(25)19(21)22/h2-8,12,19H,9-11H2,1H3. The van der Waals surface area contributed by atoms with Crippen molar-refractivity contribution in [3.63, 3.8) is 0 Å². The van der Waals surface area contributed by atoms with Crippen LogP contribution < -0.4 is 4.74 Å². The van der Waals surface area contributed by atoms with E-state index in [2.05, 4.69) is 0 Å². The first-order valence-electron chi connectivity index (χ1n) is 8.21. The fraction of sp³-hybridized carbons (Fsp3) is 0.250. The molecule has 1 amide bonds. The van der Waals surface area contributed by atoms with E-state index in [-0.39, 0.29) is 6.42 Å². The Hall–Kier alpha value is -2.76. The van der Waals surface area contributed by atoms with Gasteiger partial charge in [-0.1, -0.05) is 40.9 Å². The van der Waals surface area contributed by atoms with E-state index in [1.807, 2.05) is 48.5 Å². The molecule has 3 nitrogen and oxygen atoms in total. The van der Waals surface area contributed by atoms with Crippen LogP contribution in [0.1, 0.15) is 23.1 Å². The monoisotopic (exact) mass is 361 g/mol. The molecule has 0 atom stereocenters. The van der Waals surface area contributed by atoms with E-state index in [4.69, 9.17) is 4.74 Å². The van der Waals surface area contributed by atoms with Gasteiger partial charge in [-0.05, 0) is 52.8 Å². The number of fused-ring (bicyclic) bond motifs is 1. The first-order chi connectivity index (χ1) is 12.5. The molecule has 0 heterocycles. The molecule has 0 radical (unpaired) electrons. The lowest BCUT2D eigenvalue weighted by Crippen LogP contribution is -2.29. The van der Waals surface area contributed by atoms with E-state index < -0.39 is 24.0 Å². The Kier molecular flexibility index (Phi) is 5.30. The molecule has 3 rings (SSSR count). The van der Waals surface area contributed by atoms with Gasteiger partial charge in [0.05, 0.1) is 13.7 Å². The summed E-state index contributed by atoms with van der Waals surface area (Å²) in [5.74, 6) is -1.15. The molecule has 0 aromatic heterocycles. The molecule has 0 saturated heterocycles. The third-order valence-corrected chi connectivity index (χ3v) is 4.48. The summed E-state index contributed by atoms with van der Waals surface area (Å²) in [5.41, 5.74) is 4.80. The Balaban J connectivity index is 1.94. The van der Waals surface area contributed by atoms with Gasteiger partial charge in [-0.2, -0.15) is 13.9 Å². The number of ether oxygens (including phenoxy) is 1. The van der Waals surface area contributed by atoms with Crippen LogP contribution in [-0.4, -0.2) is 31.1 Å². The number of rotatable bonds is 6. The van der Waals surface area contributed by atoms with Gasteiger partial charge >= 0.3 is 12.3 Å². The number of halogens is 3. The minimum atomic E-state index is -3.35. The van der Waals surface area contributed by atoms with Crippen molar-refractivity contribution in [3.8, 4) is 5.75 Å². The lowest BCUT2D eigenvalue weighted by molar-refractivity contribution is -0.158. The first kappa shape index (κ1) is 18.0. The van der Waals surface area contributed by atoms with Gasteiger partial charge in [0, 0.05) is 0 Å². The van der Waals surface area contributed by atoms with Gasteiger partial charge in [0.1, 0.15) is 5.75 Å². The van der Waals surface area contributed by atoms with Crippen molar-refractivity contribution in [1.82, 2.24) is 5.12 Å². The summed E-state index contributed by atoms with van der Waals surface area (Å²) >= 11 is 0. The Morgan fingerprint density at radius 2 is 1.92 bits per heavy atom. The van der Waals surface area contributed by atoms with Crippen LogP contribution in [-0.2, 0) is 11.2 Å². The topological polar surface area (TPSA) is 29.5 Å². The van der Waals surface area contributed by atoms with E-state index in [0.29, 0.717) is 12.2 Å². The van der Waals surface area contributed by atoms with Crippen LogP contribution in [0.3, 0.4) is 0 Å². The van der Waals surface area contributed by atoms with Crippen LogP contribution in [0.25, 0.3) is 11.1 Å². The summed E-state index contributed by atoms with van der Waals surface area (Å²) in [6, 6.07) is 15.3. The Labute approximate surface area is 149 Å². The molecular formula is C20H18F3NO2. The molecule has 0 fully saturated rings. The fourth-order valence-electron chi connectivity index (χ4n) is 3.20. The van der Waals surface area contributed by atoms with E-state index in [0.717, 1.165) is 27.8 Å². The molecule has 0 bridgehead atoms. The highest BCUT2D eigenvalue weighted by molar-refractivity contribution is 5.97. The normalized spacial score (nSPS) is 13.1. The van der Waals surface area contributed by atoms with Gasteiger partial charge in [0.2, 0.25) is 0 Å². The van der Waals surface area contributed by atoms with Gasteiger partial charge < -0.3 is 4.74 Å². The van der Waals surface area contributed by atoms with Crippen LogP contribution in [0.4, 0.5) is 13.3 Å². The molecule has 2 aromatic carbocycles. The summed E-state index contributed by atoms with van der Waals surface area (Å²) < 4.78 is 43.8. The molecule has 1 aliphatic rings. The maximum absolute atomic E-state index is 13.7. The van der Waals surface area contributed by atoms with Crippen molar-refractivity contribution in [3.05, 3.63) is 65.2 Å². The molecule has 0 N–H and O–H groups in total. The van der Waals surface area contributed by atoms with Crippen LogP contribution >= 0.6 is 0 Å². The molecule has 0 spiro atoms. The highest BCUT2D eigenvalue weighted by atomic mass is 19.3. The Bertz CT molecular complexity index is 834. The number of allylic oxidation sites excluding steroid dienone is 1. The van der Waals surface area contributed by atoms with Crippen molar-refractivity contribution < 1.29 is 22.8 Å².